The van der Waals surface area contributed by atoms with Crippen LogP contribution in [0.15, 0.2) is 11.6 Å². The maximum atomic E-state index is 10.9. The zero-order chi connectivity index (χ0) is 11.0. The largest absolute Gasteiger partial charge is 0.481 e. The van der Waals surface area contributed by atoms with Crippen LogP contribution in [0.1, 0.15) is 32.6 Å². The minimum atomic E-state index is -0.779. The first kappa shape index (κ1) is 12.7. The van der Waals surface area contributed by atoms with Crippen LogP contribution in [0, 0.1) is 0 Å². The second kappa shape index (κ2) is 7.12. The molecule has 0 radical (unpaired) electrons. The number of hydrogen-bond donors (Lipinski definition) is 1. The van der Waals surface area contributed by atoms with Gasteiger partial charge < -0.3 is 9.84 Å². The number of esters is 1. The summed E-state index contributed by atoms with van der Waals surface area (Å²) in [5.41, 5.74) is 0.572. The number of allylic oxidation sites excluding steroid dienone is 1. The SMILES string of the molecule is COC(=O)/C(C)=C/CCCCC(=O)O. The minimum Gasteiger partial charge on any atom is -0.481 e. The number of carbonyl (C=O) groups excluding carboxylic acids is 1. The van der Waals surface area contributed by atoms with Crippen LogP contribution in [0.4, 0.5) is 0 Å². The van der Waals surface area contributed by atoms with Gasteiger partial charge >= 0.3 is 11.9 Å². The molecule has 0 unspecified atom stereocenters. The summed E-state index contributed by atoms with van der Waals surface area (Å²) in [6, 6.07) is 0. The molecule has 0 fully saturated rings. The van der Waals surface area contributed by atoms with Crippen molar-refractivity contribution in [3.8, 4) is 0 Å². The molecule has 0 atom stereocenters. The predicted octanol–water partition coefficient (Wildman–Crippen LogP) is 1.75. The Kier molecular flexibility index (Phi) is 6.45. The summed E-state index contributed by atoms with van der Waals surface area (Å²) in [5, 5.41) is 8.36. The van der Waals surface area contributed by atoms with E-state index in [2.05, 4.69) is 4.74 Å². The van der Waals surface area contributed by atoms with Gasteiger partial charge in [0.1, 0.15) is 0 Å². The first-order valence-corrected chi connectivity index (χ1v) is 4.54. The van der Waals surface area contributed by atoms with E-state index >= 15 is 0 Å². The molecule has 4 heteroatoms. The summed E-state index contributed by atoms with van der Waals surface area (Å²) in [6.45, 7) is 1.68. The highest BCUT2D eigenvalue weighted by molar-refractivity contribution is 5.87. The zero-order valence-electron chi connectivity index (χ0n) is 8.58. The molecule has 0 rings (SSSR count). The average molecular weight is 200 g/mol. The molecule has 0 aromatic carbocycles. The molecule has 0 spiro atoms. The van der Waals surface area contributed by atoms with Crippen LogP contribution < -0.4 is 0 Å². The molecule has 0 heterocycles. The lowest BCUT2D eigenvalue weighted by atomic mass is 10.1. The summed E-state index contributed by atoms with van der Waals surface area (Å²) in [6.07, 6.45) is 4.09. The molecule has 0 bridgehead atoms. The molecule has 0 aromatic rings. The number of rotatable bonds is 6. The van der Waals surface area contributed by atoms with Gasteiger partial charge in [-0.25, -0.2) is 4.79 Å². The Morgan fingerprint density at radius 3 is 2.50 bits per heavy atom. The number of methoxy groups -OCH3 is 1. The van der Waals surface area contributed by atoms with Gasteiger partial charge in [-0.15, -0.1) is 0 Å². The Morgan fingerprint density at radius 1 is 1.36 bits per heavy atom. The monoisotopic (exact) mass is 200 g/mol. The van der Waals surface area contributed by atoms with Crippen molar-refractivity contribution in [2.75, 3.05) is 7.11 Å². The number of ether oxygens (including phenoxy) is 1. The van der Waals surface area contributed by atoms with Crippen molar-refractivity contribution in [1.82, 2.24) is 0 Å². The van der Waals surface area contributed by atoms with E-state index in [1.165, 1.54) is 7.11 Å². The van der Waals surface area contributed by atoms with E-state index in [4.69, 9.17) is 5.11 Å². The second-order valence-corrected chi connectivity index (χ2v) is 3.02. The molecular formula is C10H16O4. The van der Waals surface area contributed by atoms with Crippen LogP contribution in [0.3, 0.4) is 0 Å². The Bertz CT molecular complexity index is 230. The van der Waals surface area contributed by atoms with E-state index in [9.17, 15) is 9.59 Å². The molecule has 4 nitrogen and oxygen atoms in total. The van der Waals surface area contributed by atoms with Crippen molar-refractivity contribution in [2.24, 2.45) is 0 Å². The van der Waals surface area contributed by atoms with Gasteiger partial charge in [-0.05, 0) is 26.2 Å². The molecule has 14 heavy (non-hydrogen) atoms. The lowest BCUT2D eigenvalue weighted by molar-refractivity contribution is -0.137. The third-order valence-electron chi connectivity index (χ3n) is 1.80. The molecule has 0 saturated carbocycles. The van der Waals surface area contributed by atoms with E-state index in [0.29, 0.717) is 18.4 Å². The molecule has 80 valence electrons. The zero-order valence-corrected chi connectivity index (χ0v) is 8.58. The highest BCUT2D eigenvalue weighted by Gasteiger charge is 2.01. The van der Waals surface area contributed by atoms with Gasteiger partial charge in [0, 0.05) is 12.0 Å². The van der Waals surface area contributed by atoms with Gasteiger partial charge in [0.2, 0.25) is 0 Å². The standard InChI is InChI=1S/C10H16O4/c1-8(10(13)14-2)6-4-3-5-7-9(11)12/h6H,3-5,7H2,1-2H3,(H,11,12)/b8-6+. The summed E-state index contributed by atoms with van der Waals surface area (Å²) in [5.74, 6) is -1.11. The normalized spacial score (nSPS) is 11.1. The van der Waals surface area contributed by atoms with E-state index in [1.807, 2.05) is 0 Å². The third kappa shape index (κ3) is 6.22. The Labute approximate surface area is 83.6 Å². The van der Waals surface area contributed by atoms with Crippen LogP contribution in [0.5, 0.6) is 0 Å². The highest BCUT2D eigenvalue weighted by Crippen LogP contribution is 2.04. The van der Waals surface area contributed by atoms with Crippen LogP contribution in [0.2, 0.25) is 0 Å². The second-order valence-electron chi connectivity index (χ2n) is 3.02. The van der Waals surface area contributed by atoms with Crippen LogP contribution in [0.25, 0.3) is 0 Å². The molecule has 1 N–H and O–H groups in total. The van der Waals surface area contributed by atoms with Gasteiger partial charge in [-0.2, -0.15) is 0 Å². The first-order valence-electron chi connectivity index (χ1n) is 4.54. The summed E-state index contributed by atoms with van der Waals surface area (Å²) >= 11 is 0. The topological polar surface area (TPSA) is 63.6 Å². The van der Waals surface area contributed by atoms with Gasteiger partial charge in [0.05, 0.1) is 7.11 Å². The van der Waals surface area contributed by atoms with Crippen molar-refractivity contribution in [1.29, 1.82) is 0 Å². The van der Waals surface area contributed by atoms with Gasteiger partial charge in [0.25, 0.3) is 0 Å². The maximum Gasteiger partial charge on any atom is 0.333 e. The molecule has 0 aliphatic rings. The van der Waals surface area contributed by atoms with Crippen molar-refractivity contribution < 1.29 is 19.4 Å². The first-order chi connectivity index (χ1) is 6.57. The van der Waals surface area contributed by atoms with Crippen LogP contribution in [-0.4, -0.2) is 24.2 Å². The number of aliphatic carboxylic acids is 1. The maximum absolute atomic E-state index is 10.9. The summed E-state index contributed by atoms with van der Waals surface area (Å²) in [4.78, 5) is 21.1. The fourth-order valence-corrected chi connectivity index (χ4v) is 0.983. The third-order valence-corrected chi connectivity index (χ3v) is 1.80. The Morgan fingerprint density at radius 2 is 2.00 bits per heavy atom. The van der Waals surface area contributed by atoms with Gasteiger partial charge in [-0.3, -0.25) is 4.79 Å². The fourth-order valence-electron chi connectivity index (χ4n) is 0.983. The molecule has 0 aromatic heterocycles. The molecule has 0 aliphatic heterocycles. The molecule has 0 saturated heterocycles. The molecule has 0 amide bonds. The Hall–Kier alpha value is -1.32. The van der Waals surface area contributed by atoms with E-state index in [-0.39, 0.29) is 12.4 Å². The van der Waals surface area contributed by atoms with E-state index in [1.54, 1.807) is 13.0 Å². The fraction of sp³-hybridized carbons (Fsp3) is 0.600. The predicted molar refractivity (Wildman–Crippen MR) is 51.9 cm³/mol. The smallest absolute Gasteiger partial charge is 0.333 e. The van der Waals surface area contributed by atoms with Crippen molar-refractivity contribution >= 4 is 11.9 Å². The summed E-state index contributed by atoms with van der Waals surface area (Å²) < 4.78 is 4.51. The van der Waals surface area contributed by atoms with Gasteiger partial charge in [-0.1, -0.05) is 6.08 Å². The summed E-state index contributed by atoms with van der Waals surface area (Å²) in [7, 11) is 1.34. The van der Waals surface area contributed by atoms with Crippen molar-refractivity contribution in [3.63, 3.8) is 0 Å². The number of unbranched alkanes of at least 4 members (excludes halogenated alkanes) is 2. The van der Waals surface area contributed by atoms with Crippen LogP contribution in [-0.2, 0) is 14.3 Å². The van der Waals surface area contributed by atoms with Crippen LogP contribution >= 0.6 is 0 Å². The average Bonchev–Trinajstić information content (AvgIpc) is 2.15. The highest BCUT2D eigenvalue weighted by atomic mass is 16.5. The quantitative estimate of drug-likeness (QED) is 0.403. The molecule has 0 aliphatic carbocycles. The number of carboxylic acids is 1. The Balaban J connectivity index is 3.61. The number of hydrogen-bond acceptors (Lipinski definition) is 3. The minimum absolute atomic E-state index is 0.186. The van der Waals surface area contributed by atoms with Crippen molar-refractivity contribution in [3.05, 3.63) is 11.6 Å². The van der Waals surface area contributed by atoms with Crippen molar-refractivity contribution in [2.45, 2.75) is 32.6 Å². The lowest BCUT2D eigenvalue weighted by Gasteiger charge is -1.98. The molecular weight excluding hydrogens is 184 g/mol. The van der Waals surface area contributed by atoms with E-state index in [0.717, 1.165) is 6.42 Å². The number of carboxylic acid groups (broad SMARTS) is 1. The van der Waals surface area contributed by atoms with E-state index < -0.39 is 5.97 Å². The lowest BCUT2D eigenvalue weighted by Crippen LogP contribution is -2.01. The van der Waals surface area contributed by atoms with Gasteiger partial charge in [0.15, 0.2) is 0 Å². The number of carbonyl (C=O) groups is 2.